The molecule has 2 heterocycles. The minimum absolute atomic E-state index is 0.0763. The summed E-state index contributed by atoms with van der Waals surface area (Å²) in [6, 6.07) is 25.1. The first kappa shape index (κ1) is 29.2. The zero-order valence-corrected chi connectivity index (χ0v) is 25.6. The van der Waals surface area contributed by atoms with Gasteiger partial charge in [-0.25, -0.2) is 0 Å². The fraction of sp³-hybridized carbons (Fsp3) is 0.152. The van der Waals surface area contributed by atoms with E-state index in [1.165, 1.54) is 42.2 Å². The van der Waals surface area contributed by atoms with Gasteiger partial charge in [0.05, 0.1) is 32.9 Å². The Labute approximate surface area is 261 Å². The molecule has 9 nitrogen and oxygen atoms in total. The predicted octanol–water partition coefficient (Wildman–Crippen LogP) is 6.64. The second-order valence-electron chi connectivity index (χ2n) is 9.79. The van der Waals surface area contributed by atoms with Crippen LogP contribution < -0.4 is 19.1 Å². The molecule has 1 saturated heterocycles. The first-order valence-electron chi connectivity index (χ1n) is 13.5. The number of fused-ring (bicyclic) bond motifs is 1. The van der Waals surface area contributed by atoms with E-state index in [0.29, 0.717) is 38.5 Å². The maximum absolute atomic E-state index is 13.6. The average molecular weight is 626 g/mol. The lowest BCUT2D eigenvalue weighted by Crippen LogP contribution is -2.29. The van der Waals surface area contributed by atoms with Crippen molar-refractivity contribution in [2.75, 3.05) is 26.2 Å². The number of aromatic nitrogens is 2. The number of hydrogen-bond donors (Lipinski definition) is 1. The van der Waals surface area contributed by atoms with Crippen LogP contribution in [-0.2, 0) is 15.3 Å². The molecule has 1 aromatic heterocycles. The summed E-state index contributed by atoms with van der Waals surface area (Å²) in [6.07, 6.45) is 0. The average Bonchev–Trinajstić information content (AvgIpc) is 3.64. The van der Waals surface area contributed by atoms with Crippen molar-refractivity contribution in [2.45, 2.75) is 16.1 Å². The number of thioether (sulfide) groups is 1. The standard InChI is InChI=1S/C33H27N3O6S2/c1-40-23-14-11-20(12-15-23)28-27(29(37)21-13-16-25(41-2)26(17-21)42-3)30(38)31(39)36(28)32-34-35-33(44-32)43-18-22-9-6-8-19-7-4-5-10-24(19)22/h4-17,28,37H,18H2,1-3H3/t28-/m1/s1. The van der Waals surface area contributed by atoms with Gasteiger partial charge in [0.15, 0.2) is 15.8 Å². The predicted molar refractivity (Wildman–Crippen MR) is 171 cm³/mol. The Hall–Kier alpha value is -4.87. The Bertz CT molecular complexity index is 1900. The molecule has 1 fully saturated rings. The summed E-state index contributed by atoms with van der Waals surface area (Å²) in [5, 5.41) is 22.7. The van der Waals surface area contributed by atoms with Gasteiger partial charge in [0.2, 0.25) is 5.13 Å². The Kier molecular flexibility index (Phi) is 8.23. The molecule has 5 aromatic rings. The molecule has 1 aliphatic heterocycles. The molecule has 44 heavy (non-hydrogen) atoms. The van der Waals surface area contributed by atoms with E-state index in [2.05, 4.69) is 34.5 Å². The van der Waals surface area contributed by atoms with Crippen LogP contribution in [0, 0.1) is 0 Å². The lowest BCUT2D eigenvalue weighted by molar-refractivity contribution is -0.132. The van der Waals surface area contributed by atoms with E-state index in [1.54, 1.807) is 49.6 Å². The number of hydrogen-bond acceptors (Lipinski definition) is 10. The Morgan fingerprint density at radius 2 is 1.64 bits per heavy atom. The zero-order chi connectivity index (χ0) is 30.8. The number of rotatable bonds is 9. The van der Waals surface area contributed by atoms with Crippen molar-refractivity contribution < 1.29 is 28.9 Å². The van der Waals surface area contributed by atoms with Gasteiger partial charge in [-0.15, -0.1) is 10.2 Å². The molecule has 11 heteroatoms. The molecule has 6 rings (SSSR count). The van der Waals surface area contributed by atoms with E-state index in [0.717, 1.165) is 16.3 Å². The summed E-state index contributed by atoms with van der Waals surface area (Å²) < 4.78 is 16.7. The Morgan fingerprint density at radius 1 is 0.886 bits per heavy atom. The third-order valence-corrected chi connectivity index (χ3v) is 9.47. The Morgan fingerprint density at radius 3 is 2.39 bits per heavy atom. The van der Waals surface area contributed by atoms with Crippen LogP contribution in [0.1, 0.15) is 22.7 Å². The van der Waals surface area contributed by atoms with E-state index in [-0.39, 0.29) is 16.5 Å². The van der Waals surface area contributed by atoms with Gasteiger partial charge in [-0.2, -0.15) is 0 Å². The molecular weight excluding hydrogens is 599 g/mol. The van der Waals surface area contributed by atoms with Crippen molar-refractivity contribution in [2.24, 2.45) is 0 Å². The quantitative estimate of drug-likeness (QED) is 0.0634. The lowest BCUT2D eigenvalue weighted by Gasteiger charge is -2.22. The van der Waals surface area contributed by atoms with Gasteiger partial charge in [-0.05, 0) is 52.2 Å². The SMILES string of the molecule is COc1ccc([C@@H]2C(=C(O)c3ccc(OC)c(OC)c3)C(=O)C(=O)N2c2nnc(SCc3cccc4ccccc34)s2)cc1. The number of Topliss-reactive ketones (excluding diaryl/α,β-unsaturated/α-hetero) is 1. The van der Waals surface area contributed by atoms with Gasteiger partial charge < -0.3 is 19.3 Å². The minimum Gasteiger partial charge on any atom is -0.507 e. The van der Waals surface area contributed by atoms with Crippen LogP contribution in [0.5, 0.6) is 17.2 Å². The molecule has 0 bridgehead atoms. The van der Waals surface area contributed by atoms with Crippen LogP contribution in [0.4, 0.5) is 5.13 Å². The zero-order valence-electron chi connectivity index (χ0n) is 24.0. The summed E-state index contributed by atoms with van der Waals surface area (Å²) in [4.78, 5) is 28.5. The molecule has 0 saturated carbocycles. The largest absolute Gasteiger partial charge is 0.507 e. The summed E-state index contributed by atoms with van der Waals surface area (Å²) in [7, 11) is 4.53. The van der Waals surface area contributed by atoms with Gasteiger partial charge in [-0.1, -0.05) is 77.7 Å². The highest BCUT2D eigenvalue weighted by atomic mass is 32.2. The fourth-order valence-electron chi connectivity index (χ4n) is 5.19. The molecule has 1 amide bonds. The fourth-order valence-corrected chi connectivity index (χ4v) is 7.06. The molecule has 4 aromatic carbocycles. The van der Waals surface area contributed by atoms with Gasteiger partial charge >= 0.3 is 5.91 Å². The van der Waals surface area contributed by atoms with Crippen LogP contribution in [-0.4, -0.2) is 48.3 Å². The number of aliphatic hydroxyl groups excluding tert-OH is 1. The summed E-state index contributed by atoms with van der Waals surface area (Å²) in [6.45, 7) is 0. The van der Waals surface area contributed by atoms with Crippen molar-refractivity contribution in [1.82, 2.24) is 10.2 Å². The highest BCUT2D eigenvalue weighted by Gasteiger charge is 2.48. The molecule has 0 unspecified atom stereocenters. The monoisotopic (exact) mass is 625 g/mol. The molecule has 222 valence electrons. The molecular formula is C33H27N3O6S2. The van der Waals surface area contributed by atoms with Crippen molar-refractivity contribution in [1.29, 1.82) is 0 Å². The van der Waals surface area contributed by atoms with E-state index in [1.807, 2.05) is 18.2 Å². The van der Waals surface area contributed by atoms with Crippen molar-refractivity contribution in [3.8, 4) is 17.2 Å². The number of carbonyl (C=O) groups is 2. The van der Waals surface area contributed by atoms with Gasteiger partial charge in [0.25, 0.3) is 5.78 Å². The van der Waals surface area contributed by atoms with E-state index < -0.39 is 17.7 Å². The maximum atomic E-state index is 13.6. The van der Waals surface area contributed by atoms with Crippen molar-refractivity contribution >= 4 is 56.5 Å². The van der Waals surface area contributed by atoms with Gasteiger partial charge in [0.1, 0.15) is 11.5 Å². The molecule has 0 radical (unpaired) electrons. The number of ether oxygens (including phenoxy) is 3. The van der Waals surface area contributed by atoms with Gasteiger partial charge in [0, 0.05) is 11.3 Å². The van der Waals surface area contributed by atoms with E-state index in [9.17, 15) is 14.7 Å². The number of nitrogens with zero attached hydrogens (tertiary/aromatic N) is 3. The third-order valence-electron chi connectivity index (χ3n) is 7.37. The number of carbonyl (C=O) groups excluding carboxylic acids is 2. The molecule has 1 atom stereocenters. The first-order valence-corrected chi connectivity index (χ1v) is 15.3. The number of anilines is 1. The van der Waals surface area contributed by atoms with E-state index in [4.69, 9.17) is 14.2 Å². The van der Waals surface area contributed by atoms with Crippen LogP contribution in [0.3, 0.4) is 0 Å². The van der Waals surface area contributed by atoms with Crippen LogP contribution in [0.15, 0.2) is 94.8 Å². The Balaban J connectivity index is 1.38. The van der Waals surface area contributed by atoms with Crippen LogP contribution in [0.2, 0.25) is 0 Å². The number of aliphatic hydroxyl groups is 1. The number of amides is 1. The minimum atomic E-state index is -0.960. The maximum Gasteiger partial charge on any atom is 0.301 e. The third kappa shape index (κ3) is 5.36. The second kappa shape index (κ2) is 12.4. The summed E-state index contributed by atoms with van der Waals surface area (Å²) in [5.74, 6) is 0.0854. The number of methoxy groups -OCH3 is 3. The summed E-state index contributed by atoms with van der Waals surface area (Å²) >= 11 is 2.72. The number of ketones is 1. The van der Waals surface area contributed by atoms with Crippen LogP contribution in [0.25, 0.3) is 16.5 Å². The lowest BCUT2D eigenvalue weighted by atomic mass is 9.95. The molecule has 1 N–H and O–H groups in total. The number of benzene rings is 4. The summed E-state index contributed by atoms with van der Waals surface area (Å²) in [5.41, 5.74) is 1.96. The smallest absolute Gasteiger partial charge is 0.301 e. The topological polar surface area (TPSA) is 111 Å². The van der Waals surface area contributed by atoms with Crippen molar-refractivity contribution in [3.63, 3.8) is 0 Å². The first-order chi connectivity index (χ1) is 21.4. The molecule has 0 aliphatic carbocycles. The van der Waals surface area contributed by atoms with E-state index >= 15 is 0 Å². The molecule has 1 aliphatic rings. The molecule has 0 spiro atoms. The van der Waals surface area contributed by atoms with Gasteiger partial charge in [-0.3, -0.25) is 14.5 Å². The normalized spacial score (nSPS) is 16.0. The van der Waals surface area contributed by atoms with Crippen LogP contribution >= 0.6 is 23.1 Å². The van der Waals surface area contributed by atoms with Crippen molar-refractivity contribution in [3.05, 3.63) is 107 Å². The highest BCUT2D eigenvalue weighted by Crippen LogP contribution is 2.45. The highest BCUT2D eigenvalue weighted by molar-refractivity contribution is 8.00. The second-order valence-corrected chi connectivity index (χ2v) is 12.0.